The molecule has 2 aromatic heterocycles. The van der Waals surface area contributed by atoms with Crippen LogP contribution in [0.2, 0.25) is 0 Å². The highest BCUT2D eigenvalue weighted by atomic mass is 16.5. The molecule has 0 saturated carbocycles. The molecule has 1 saturated heterocycles. The van der Waals surface area contributed by atoms with E-state index in [9.17, 15) is 19.5 Å². The van der Waals surface area contributed by atoms with Gasteiger partial charge in [-0.3, -0.25) is 19.0 Å². The van der Waals surface area contributed by atoms with Gasteiger partial charge in [-0.05, 0) is 17.2 Å². The lowest BCUT2D eigenvalue weighted by atomic mass is 10.1. The normalized spacial score (nSPS) is 13.3. The van der Waals surface area contributed by atoms with Crippen LogP contribution in [0.25, 0.3) is 11.2 Å². The predicted molar refractivity (Wildman–Crippen MR) is 149 cm³/mol. The zero-order valence-corrected chi connectivity index (χ0v) is 22.9. The van der Waals surface area contributed by atoms with Gasteiger partial charge in [-0.25, -0.2) is 0 Å². The molecule has 1 aliphatic rings. The van der Waals surface area contributed by atoms with E-state index in [0.717, 1.165) is 11.1 Å². The molecule has 3 heterocycles. The van der Waals surface area contributed by atoms with Gasteiger partial charge in [-0.1, -0.05) is 30.8 Å². The topological polar surface area (TPSA) is 178 Å². The minimum Gasteiger partial charge on any atom is -0.480 e. The van der Waals surface area contributed by atoms with E-state index >= 15 is 0 Å². The summed E-state index contributed by atoms with van der Waals surface area (Å²) < 4.78 is 11.9. The molecule has 0 atom stereocenters. The summed E-state index contributed by atoms with van der Waals surface area (Å²) >= 11 is 0. The molecule has 1 fully saturated rings. The number of carbonyl (C=O) groups excluding carboxylic acids is 3. The Balaban J connectivity index is 1.26. The minimum absolute atomic E-state index is 0.0589. The van der Waals surface area contributed by atoms with Crippen molar-refractivity contribution in [3.63, 3.8) is 0 Å². The van der Waals surface area contributed by atoms with Gasteiger partial charge < -0.3 is 35.4 Å². The van der Waals surface area contributed by atoms with Crippen molar-refractivity contribution in [1.82, 2.24) is 34.6 Å². The monoisotopic (exact) mass is 566 g/mol. The van der Waals surface area contributed by atoms with E-state index in [-0.39, 0.29) is 67.1 Å². The van der Waals surface area contributed by atoms with Crippen LogP contribution < -0.4 is 15.8 Å². The van der Waals surface area contributed by atoms with Gasteiger partial charge in [-0.15, -0.1) is 0 Å². The lowest BCUT2D eigenvalue weighted by Crippen LogP contribution is -2.50. The van der Waals surface area contributed by atoms with Gasteiger partial charge in [0.05, 0.1) is 13.2 Å². The van der Waals surface area contributed by atoms with Gasteiger partial charge in [0.2, 0.25) is 17.7 Å². The van der Waals surface area contributed by atoms with Crippen molar-refractivity contribution in [1.29, 1.82) is 0 Å². The Hall–Kier alpha value is -4.72. The van der Waals surface area contributed by atoms with Crippen molar-refractivity contribution in [2.75, 3.05) is 52.2 Å². The second kappa shape index (κ2) is 13.6. The number of hydrogen-bond donors (Lipinski definition) is 3. The van der Waals surface area contributed by atoms with Crippen molar-refractivity contribution in [3.05, 3.63) is 48.0 Å². The first-order valence-electron chi connectivity index (χ1n) is 13.2. The summed E-state index contributed by atoms with van der Waals surface area (Å²) in [5.74, 6) is -0.382. The van der Waals surface area contributed by atoms with Gasteiger partial charge in [0, 0.05) is 52.7 Å². The molecule has 14 heteroatoms. The maximum absolute atomic E-state index is 12.5. The highest BCUT2D eigenvalue weighted by Gasteiger charge is 2.23. The number of nitrogens with one attached hydrogen (secondary N) is 1. The third-order valence-electron chi connectivity index (χ3n) is 6.64. The van der Waals surface area contributed by atoms with Crippen molar-refractivity contribution >= 4 is 34.7 Å². The number of fused-ring (bicyclic) bond motifs is 1. The van der Waals surface area contributed by atoms with Crippen molar-refractivity contribution in [2.24, 2.45) is 0 Å². The first-order valence-corrected chi connectivity index (χ1v) is 13.2. The van der Waals surface area contributed by atoms with Crippen LogP contribution in [0.3, 0.4) is 0 Å². The number of nitrogen functional groups attached to an aromatic ring is 1. The first-order chi connectivity index (χ1) is 19.8. The fraction of sp³-hybridized carbons (Fsp3) is 0.407. The van der Waals surface area contributed by atoms with Crippen LogP contribution in [0, 0.1) is 0 Å². The van der Waals surface area contributed by atoms with Crippen LogP contribution in [-0.2, 0) is 32.2 Å². The quantitative estimate of drug-likeness (QED) is 0.206. The zero-order valence-electron chi connectivity index (χ0n) is 22.9. The number of carbonyl (C=O) groups is 3. The zero-order chi connectivity index (χ0) is 29.4. The van der Waals surface area contributed by atoms with E-state index in [1.165, 1.54) is 10.6 Å². The van der Waals surface area contributed by atoms with Crippen LogP contribution >= 0.6 is 0 Å². The molecule has 41 heavy (non-hydrogen) atoms. The van der Waals surface area contributed by atoms with Crippen LogP contribution in [0.4, 0.5) is 5.82 Å². The lowest BCUT2D eigenvalue weighted by molar-refractivity contribution is -0.138. The van der Waals surface area contributed by atoms with Gasteiger partial charge in [0.15, 0.2) is 17.0 Å². The Labute approximate surface area is 236 Å². The Morgan fingerprint density at radius 1 is 1.02 bits per heavy atom. The number of aromatic hydroxyl groups is 1. The van der Waals surface area contributed by atoms with E-state index in [1.807, 2.05) is 24.3 Å². The SMILES string of the molecule is C=CC(=O)N1CCN(C(=O)CCC(=O)NCc2ccc(Cn3c(O)nc4c(N)nc(OCCOC)nc43)cc2)CC1. The number of piperazine rings is 1. The summed E-state index contributed by atoms with van der Waals surface area (Å²) in [6.07, 6.45) is 1.46. The first kappa shape index (κ1) is 29.3. The maximum Gasteiger partial charge on any atom is 0.320 e. The van der Waals surface area contributed by atoms with E-state index in [0.29, 0.717) is 45.0 Å². The van der Waals surface area contributed by atoms with E-state index in [2.05, 4.69) is 26.8 Å². The number of methoxy groups -OCH3 is 1. The summed E-state index contributed by atoms with van der Waals surface area (Å²) in [6.45, 7) is 6.47. The van der Waals surface area contributed by atoms with Gasteiger partial charge in [0.25, 0.3) is 6.01 Å². The molecule has 3 aromatic rings. The van der Waals surface area contributed by atoms with E-state index < -0.39 is 0 Å². The molecule has 0 aliphatic carbocycles. The molecule has 4 rings (SSSR count). The second-order valence-corrected chi connectivity index (χ2v) is 9.41. The number of imidazole rings is 1. The highest BCUT2D eigenvalue weighted by Crippen LogP contribution is 2.25. The third-order valence-corrected chi connectivity index (χ3v) is 6.64. The van der Waals surface area contributed by atoms with Crippen molar-refractivity contribution in [2.45, 2.75) is 25.9 Å². The van der Waals surface area contributed by atoms with E-state index in [1.54, 1.807) is 16.9 Å². The average molecular weight is 567 g/mol. The summed E-state index contributed by atoms with van der Waals surface area (Å²) in [5, 5.41) is 13.3. The fourth-order valence-electron chi connectivity index (χ4n) is 4.33. The maximum atomic E-state index is 12.5. The summed E-state index contributed by atoms with van der Waals surface area (Å²) in [4.78, 5) is 52.3. The summed E-state index contributed by atoms with van der Waals surface area (Å²) in [7, 11) is 1.55. The number of benzene rings is 1. The fourth-order valence-corrected chi connectivity index (χ4v) is 4.33. The van der Waals surface area contributed by atoms with Crippen LogP contribution in [0.5, 0.6) is 12.0 Å². The Morgan fingerprint density at radius 3 is 2.39 bits per heavy atom. The molecule has 1 aliphatic heterocycles. The number of nitrogens with zero attached hydrogens (tertiary/aromatic N) is 6. The molecule has 1 aromatic carbocycles. The number of amides is 3. The molecular formula is C27H34N8O6. The van der Waals surface area contributed by atoms with Crippen molar-refractivity contribution in [3.8, 4) is 12.0 Å². The molecule has 0 spiro atoms. The summed E-state index contributed by atoms with van der Waals surface area (Å²) in [6, 6.07) is 7.27. The van der Waals surface area contributed by atoms with Crippen LogP contribution in [0.1, 0.15) is 24.0 Å². The molecule has 4 N–H and O–H groups in total. The molecule has 218 valence electrons. The number of anilines is 1. The Bertz CT molecular complexity index is 1400. The number of rotatable bonds is 12. The number of hydrogen-bond acceptors (Lipinski definition) is 10. The predicted octanol–water partition coefficient (Wildman–Crippen LogP) is 0.441. The van der Waals surface area contributed by atoms with Crippen LogP contribution in [0.15, 0.2) is 36.9 Å². The lowest BCUT2D eigenvalue weighted by Gasteiger charge is -2.34. The highest BCUT2D eigenvalue weighted by molar-refractivity contribution is 5.87. The van der Waals surface area contributed by atoms with E-state index in [4.69, 9.17) is 15.2 Å². The molecular weight excluding hydrogens is 532 g/mol. The molecule has 0 unspecified atom stereocenters. The molecule has 0 radical (unpaired) electrons. The van der Waals surface area contributed by atoms with Gasteiger partial charge >= 0.3 is 6.01 Å². The molecule has 3 amide bonds. The smallest absolute Gasteiger partial charge is 0.320 e. The standard InChI is InChI=1S/C27H34N8O6/c1-3-21(37)33-10-12-34(13-11-33)22(38)9-8-20(36)29-16-18-4-6-19(7-5-18)17-35-25-23(30-27(35)39)24(28)31-26(32-25)41-15-14-40-2/h3-7H,1,8-17H2,2H3,(H,29,36)(H,30,39)(H2,28,31,32). The average Bonchev–Trinajstić information content (AvgIpc) is 3.30. The largest absolute Gasteiger partial charge is 0.480 e. The number of ether oxygens (including phenoxy) is 2. The number of nitrogens with two attached hydrogens (primary N) is 1. The van der Waals surface area contributed by atoms with Gasteiger partial charge in [0.1, 0.15) is 6.61 Å². The number of aromatic nitrogens is 4. The molecule has 0 bridgehead atoms. The van der Waals surface area contributed by atoms with Crippen LogP contribution in [-0.4, -0.2) is 98.6 Å². The third kappa shape index (κ3) is 7.48. The summed E-state index contributed by atoms with van der Waals surface area (Å²) in [5.41, 5.74) is 8.32. The second-order valence-electron chi connectivity index (χ2n) is 9.41. The Kier molecular flexibility index (Phi) is 9.68. The van der Waals surface area contributed by atoms with Gasteiger partial charge in [-0.2, -0.15) is 15.0 Å². The Morgan fingerprint density at radius 2 is 1.71 bits per heavy atom. The molecule has 14 nitrogen and oxygen atoms in total. The minimum atomic E-state index is -0.256. The van der Waals surface area contributed by atoms with Crippen molar-refractivity contribution < 1.29 is 29.0 Å².